The van der Waals surface area contributed by atoms with Crippen LogP contribution in [0, 0.1) is 0 Å². The first-order valence-electron chi connectivity index (χ1n) is 6.56. The van der Waals surface area contributed by atoms with Gasteiger partial charge in [-0.1, -0.05) is 28.1 Å². The molecule has 0 aliphatic carbocycles. The Hall–Kier alpha value is -1.52. The highest BCUT2D eigenvalue weighted by atomic mass is 79.9. The van der Waals surface area contributed by atoms with Gasteiger partial charge in [0, 0.05) is 16.6 Å². The second-order valence-corrected chi connectivity index (χ2v) is 5.34. The number of benzene rings is 2. The molecule has 0 unspecified atom stereocenters. The van der Waals surface area contributed by atoms with E-state index in [1.165, 1.54) is 0 Å². The van der Waals surface area contributed by atoms with E-state index >= 15 is 0 Å². The average Bonchev–Trinajstić information content (AvgIpc) is 2.39. The molecule has 0 bridgehead atoms. The van der Waals surface area contributed by atoms with Gasteiger partial charge in [0.25, 0.3) is 0 Å². The van der Waals surface area contributed by atoms with Crippen molar-refractivity contribution in [3.8, 4) is 17.2 Å². The summed E-state index contributed by atoms with van der Waals surface area (Å²) in [6, 6.07) is 13.4. The predicted octanol–water partition coefficient (Wildman–Crippen LogP) is 4.66. The summed E-state index contributed by atoms with van der Waals surface area (Å²) < 4.78 is 12.2. The van der Waals surface area contributed by atoms with E-state index in [-0.39, 0.29) is 6.04 Å². The Morgan fingerprint density at radius 1 is 1.10 bits per heavy atom. The Bertz CT molecular complexity index is 584. The molecule has 1 atom stereocenters. The highest BCUT2D eigenvalue weighted by molar-refractivity contribution is 9.10. The van der Waals surface area contributed by atoms with Crippen LogP contribution >= 0.6 is 15.9 Å². The van der Waals surface area contributed by atoms with Gasteiger partial charge in [-0.15, -0.1) is 0 Å². The number of rotatable bonds is 5. The third-order valence-corrected chi connectivity index (χ3v) is 3.50. The van der Waals surface area contributed by atoms with Gasteiger partial charge in [0.2, 0.25) is 0 Å². The van der Waals surface area contributed by atoms with Gasteiger partial charge in [-0.25, -0.2) is 0 Å². The molecule has 106 valence electrons. The van der Waals surface area contributed by atoms with Gasteiger partial charge in [-0.05, 0) is 43.7 Å². The van der Waals surface area contributed by atoms with Gasteiger partial charge in [0.05, 0.1) is 6.61 Å². The Kier molecular flexibility index (Phi) is 5.04. The van der Waals surface area contributed by atoms with Crippen molar-refractivity contribution < 1.29 is 9.47 Å². The minimum Gasteiger partial charge on any atom is -0.494 e. The van der Waals surface area contributed by atoms with Gasteiger partial charge >= 0.3 is 0 Å². The molecule has 0 fully saturated rings. The molecule has 0 aliphatic heterocycles. The molecule has 2 rings (SSSR count). The summed E-state index contributed by atoms with van der Waals surface area (Å²) in [5, 5.41) is 0. The lowest BCUT2D eigenvalue weighted by Gasteiger charge is -2.12. The summed E-state index contributed by atoms with van der Waals surface area (Å²) >= 11 is 3.52. The second kappa shape index (κ2) is 6.77. The van der Waals surface area contributed by atoms with E-state index in [1.807, 2.05) is 56.3 Å². The molecule has 0 heterocycles. The van der Waals surface area contributed by atoms with Crippen molar-refractivity contribution in [1.82, 2.24) is 0 Å². The number of nitrogens with two attached hydrogens (primary N) is 1. The van der Waals surface area contributed by atoms with E-state index in [0.717, 1.165) is 27.3 Å². The van der Waals surface area contributed by atoms with Crippen molar-refractivity contribution >= 4 is 15.9 Å². The molecule has 0 spiro atoms. The normalized spacial score (nSPS) is 12.0. The molecule has 2 aromatic carbocycles. The summed E-state index contributed by atoms with van der Waals surface area (Å²) in [5.74, 6) is 2.31. The summed E-state index contributed by atoms with van der Waals surface area (Å²) in [4.78, 5) is 0. The van der Waals surface area contributed by atoms with Gasteiger partial charge in [-0.2, -0.15) is 0 Å². The fourth-order valence-electron chi connectivity index (χ4n) is 1.87. The summed E-state index contributed by atoms with van der Waals surface area (Å²) in [5.41, 5.74) is 6.94. The first-order valence-corrected chi connectivity index (χ1v) is 7.35. The summed E-state index contributed by atoms with van der Waals surface area (Å²) in [6.07, 6.45) is 0. The molecule has 0 saturated carbocycles. The molecule has 0 saturated heterocycles. The third-order valence-electron chi connectivity index (χ3n) is 2.81. The van der Waals surface area contributed by atoms with Crippen LogP contribution in [0.1, 0.15) is 25.5 Å². The third kappa shape index (κ3) is 3.74. The maximum absolute atomic E-state index is 5.88. The zero-order valence-electron chi connectivity index (χ0n) is 11.6. The molecule has 0 aromatic heterocycles. The molecule has 0 amide bonds. The Morgan fingerprint density at radius 3 is 2.45 bits per heavy atom. The van der Waals surface area contributed by atoms with Crippen LogP contribution in [0.5, 0.6) is 17.2 Å². The maximum Gasteiger partial charge on any atom is 0.131 e. The molecule has 0 aliphatic rings. The Morgan fingerprint density at radius 2 is 1.80 bits per heavy atom. The van der Waals surface area contributed by atoms with Gasteiger partial charge in [0.1, 0.15) is 17.2 Å². The minimum atomic E-state index is -0.0142. The smallest absolute Gasteiger partial charge is 0.131 e. The van der Waals surface area contributed by atoms with E-state index in [4.69, 9.17) is 15.2 Å². The zero-order chi connectivity index (χ0) is 14.5. The van der Waals surface area contributed by atoms with E-state index in [1.54, 1.807) is 0 Å². The first kappa shape index (κ1) is 14.9. The van der Waals surface area contributed by atoms with E-state index in [2.05, 4.69) is 15.9 Å². The molecule has 2 N–H and O–H groups in total. The van der Waals surface area contributed by atoms with E-state index in [9.17, 15) is 0 Å². The Balaban J connectivity index is 2.17. The molecule has 20 heavy (non-hydrogen) atoms. The topological polar surface area (TPSA) is 44.5 Å². The first-order chi connectivity index (χ1) is 9.60. The number of halogens is 1. The van der Waals surface area contributed by atoms with Gasteiger partial charge in [0.15, 0.2) is 0 Å². The largest absolute Gasteiger partial charge is 0.494 e. The quantitative estimate of drug-likeness (QED) is 0.864. The van der Waals surface area contributed by atoms with Crippen molar-refractivity contribution in [3.05, 3.63) is 52.5 Å². The highest BCUT2D eigenvalue weighted by Gasteiger charge is 2.07. The molecule has 2 aromatic rings. The summed E-state index contributed by atoms with van der Waals surface area (Å²) in [6.45, 7) is 4.54. The molecule has 3 nitrogen and oxygen atoms in total. The standard InChI is InChI=1S/C16H18BrNO2/c1-3-19-12-5-4-6-13(9-12)20-14-7-8-15(11(2)18)16(17)10-14/h4-11H,3,18H2,1-2H3/t11-/m0/s1. The van der Waals surface area contributed by atoms with Crippen LogP contribution in [0.15, 0.2) is 46.9 Å². The van der Waals surface area contributed by atoms with Crippen LogP contribution in [-0.4, -0.2) is 6.61 Å². The summed E-state index contributed by atoms with van der Waals surface area (Å²) in [7, 11) is 0. The number of hydrogen-bond acceptors (Lipinski definition) is 3. The van der Waals surface area contributed by atoms with Crippen LogP contribution in [0.2, 0.25) is 0 Å². The van der Waals surface area contributed by atoms with Crippen LogP contribution in [0.4, 0.5) is 0 Å². The zero-order valence-corrected chi connectivity index (χ0v) is 13.2. The number of hydrogen-bond donors (Lipinski definition) is 1. The predicted molar refractivity (Wildman–Crippen MR) is 84.4 cm³/mol. The molecule has 0 radical (unpaired) electrons. The Labute approximate surface area is 127 Å². The minimum absolute atomic E-state index is 0.0142. The fraction of sp³-hybridized carbons (Fsp3) is 0.250. The van der Waals surface area contributed by atoms with Crippen LogP contribution in [0.25, 0.3) is 0 Å². The van der Waals surface area contributed by atoms with Crippen molar-refractivity contribution in [1.29, 1.82) is 0 Å². The van der Waals surface area contributed by atoms with Crippen molar-refractivity contribution in [2.45, 2.75) is 19.9 Å². The molecular weight excluding hydrogens is 318 g/mol. The van der Waals surface area contributed by atoms with Crippen LogP contribution in [0.3, 0.4) is 0 Å². The monoisotopic (exact) mass is 335 g/mol. The maximum atomic E-state index is 5.88. The lowest BCUT2D eigenvalue weighted by Crippen LogP contribution is -2.05. The van der Waals surface area contributed by atoms with Crippen LogP contribution in [-0.2, 0) is 0 Å². The van der Waals surface area contributed by atoms with E-state index in [0.29, 0.717) is 6.61 Å². The molecule has 4 heteroatoms. The lowest BCUT2D eigenvalue weighted by atomic mass is 10.1. The average molecular weight is 336 g/mol. The van der Waals surface area contributed by atoms with E-state index < -0.39 is 0 Å². The van der Waals surface area contributed by atoms with Crippen molar-refractivity contribution in [3.63, 3.8) is 0 Å². The second-order valence-electron chi connectivity index (χ2n) is 4.48. The fourth-order valence-corrected chi connectivity index (χ4v) is 2.59. The number of ether oxygens (including phenoxy) is 2. The molecular formula is C16H18BrNO2. The van der Waals surface area contributed by atoms with Crippen molar-refractivity contribution in [2.24, 2.45) is 5.73 Å². The van der Waals surface area contributed by atoms with Crippen molar-refractivity contribution in [2.75, 3.05) is 6.61 Å². The van der Waals surface area contributed by atoms with Gasteiger partial charge in [-0.3, -0.25) is 0 Å². The highest BCUT2D eigenvalue weighted by Crippen LogP contribution is 2.30. The van der Waals surface area contributed by atoms with Crippen LogP contribution < -0.4 is 15.2 Å². The van der Waals surface area contributed by atoms with Gasteiger partial charge < -0.3 is 15.2 Å². The SMILES string of the molecule is CCOc1cccc(Oc2ccc([C@H](C)N)c(Br)c2)c1. The lowest BCUT2D eigenvalue weighted by molar-refractivity contribution is 0.338.